The van der Waals surface area contributed by atoms with Gasteiger partial charge in [-0.25, -0.2) is 4.98 Å². The van der Waals surface area contributed by atoms with Crippen molar-refractivity contribution >= 4 is 17.3 Å². The number of ether oxygens (including phenoxy) is 1. The summed E-state index contributed by atoms with van der Waals surface area (Å²) in [6, 6.07) is 0.509. The third kappa shape index (κ3) is 3.53. The van der Waals surface area contributed by atoms with E-state index in [9.17, 15) is 4.79 Å². The highest BCUT2D eigenvalue weighted by Gasteiger charge is 2.26. The van der Waals surface area contributed by atoms with Gasteiger partial charge in [-0.05, 0) is 32.6 Å². The number of hydrogen-bond acceptors (Lipinski definition) is 5. The van der Waals surface area contributed by atoms with Crippen molar-refractivity contribution in [2.45, 2.75) is 45.2 Å². The Morgan fingerprint density at radius 3 is 2.78 bits per heavy atom. The van der Waals surface area contributed by atoms with Crippen LogP contribution < -0.4 is 5.32 Å². The van der Waals surface area contributed by atoms with Crippen molar-refractivity contribution in [1.29, 1.82) is 0 Å². The Bertz CT molecular complexity index is 397. The lowest BCUT2D eigenvalue weighted by molar-refractivity contribution is -0.146. The Labute approximate surface area is 112 Å². The number of nitrogens with one attached hydrogen (secondary N) is 1. The summed E-state index contributed by atoms with van der Waals surface area (Å²) >= 11 is 1.70. The number of aryl methyl sites for hydroxylation is 1. The molecule has 100 valence electrons. The van der Waals surface area contributed by atoms with Crippen LogP contribution in [0.3, 0.4) is 0 Å². The smallest absolute Gasteiger partial charge is 0.308 e. The van der Waals surface area contributed by atoms with Crippen molar-refractivity contribution in [3.05, 3.63) is 16.1 Å². The van der Waals surface area contributed by atoms with E-state index >= 15 is 0 Å². The summed E-state index contributed by atoms with van der Waals surface area (Å²) in [4.78, 5) is 15.8. The van der Waals surface area contributed by atoms with E-state index in [-0.39, 0.29) is 11.9 Å². The Kier molecular flexibility index (Phi) is 4.72. The van der Waals surface area contributed by atoms with Gasteiger partial charge in [-0.1, -0.05) is 0 Å². The number of hydrogen-bond donors (Lipinski definition) is 1. The highest BCUT2D eigenvalue weighted by atomic mass is 32.1. The first-order valence-corrected chi connectivity index (χ1v) is 7.29. The lowest BCUT2D eigenvalue weighted by Crippen LogP contribution is -2.34. The molecule has 5 heteroatoms. The first kappa shape index (κ1) is 13.5. The zero-order chi connectivity index (χ0) is 13.0. The van der Waals surface area contributed by atoms with Gasteiger partial charge in [0.15, 0.2) is 0 Å². The van der Waals surface area contributed by atoms with Gasteiger partial charge in [0, 0.05) is 23.7 Å². The van der Waals surface area contributed by atoms with Gasteiger partial charge in [0.25, 0.3) is 0 Å². The summed E-state index contributed by atoms with van der Waals surface area (Å²) in [6.45, 7) is 2.85. The molecule has 0 bridgehead atoms. The van der Waals surface area contributed by atoms with Gasteiger partial charge in [0.05, 0.1) is 13.0 Å². The first-order chi connectivity index (χ1) is 8.69. The van der Waals surface area contributed by atoms with Gasteiger partial charge in [-0.2, -0.15) is 0 Å². The monoisotopic (exact) mass is 268 g/mol. The van der Waals surface area contributed by atoms with Crippen molar-refractivity contribution in [2.24, 2.45) is 5.92 Å². The molecule has 0 spiro atoms. The molecule has 1 N–H and O–H groups in total. The van der Waals surface area contributed by atoms with Gasteiger partial charge < -0.3 is 10.1 Å². The summed E-state index contributed by atoms with van der Waals surface area (Å²) in [5.74, 6) is 0.0548. The minimum Gasteiger partial charge on any atom is -0.469 e. The zero-order valence-electron chi connectivity index (χ0n) is 10.9. The highest BCUT2D eigenvalue weighted by molar-refractivity contribution is 7.09. The van der Waals surface area contributed by atoms with Gasteiger partial charge in [0.1, 0.15) is 5.01 Å². The summed E-state index contributed by atoms with van der Waals surface area (Å²) in [7, 11) is 1.47. The lowest BCUT2D eigenvalue weighted by Gasteiger charge is -2.27. The SMILES string of the molecule is COC(=O)C1CCC(NCc2nc(C)cs2)CC1. The molecule has 0 amide bonds. The van der Waals surface area contributed by atoms with Crippen LogP contribution >= 0.6 is 11.3 Å². The predicted octanol–water partition coefficient (Wildman–Crippen LogP) is 2.27. The number of nitrogens with zero attached hydrogens (tertiary/aromatic N) is 1. The molecule has 1 aliphatic carbocycles. The van der Waals surface area contributed by atoms with E-state index in [0.717, 1.165) is 42.9 Å². The fourth-order valence-corrected chi connectivity index (χ4v) is 3.14. The number of methoxy groups -OCH3 is 1. The van der Waals surface area contributed by atoms with E-state index in [1.807, 2.05) is 6.92 Å². The van der Waals surface area contributed by atoms with Gasteiger partial charge in [-0.3, -0.25) is 4.79 Å². The lowest BCUT2D eigenvalue weighted by atomic mass is 9.86. The Hall–Kier alpha value is -0.940. The number of esters is 1. The molecule has 1 saturated carbocycles. The van der Waals surface area contributed by atoms with Crippen molar-refractivity contribution in [1.82, 2.24) is 10.3 Å². The number of thiazole rings is 1. The van der Waals surface area contributed by atoms with E-state index in [0.29, 0.717) is 6.04 Å². The zero-order valence-corrected chi connectivity index (χ0v) is 11.8. The number of carbonyl (C=O) groups excluding carboxylic acids is 1. The molecule has 18 heavy (non-hydrogen) atoms. The van der Waals surface area contributed by atoms with Crippen LogP contribution in [0.15, 0.2) is 5.38 Å². The minimum absolute atomic E-state index is 0.0519. The average Bonchev–Trinajstić information content (AvgIpc) is 2.82. The maximum atomic E-state index is 11.4. The van der Waals surface area contributed by atoms with Crippen molar-refractivity contribution in [3.8, 4) is 0 Å². The van der Waals surface area contributed by atoms with Crippen LogP contribution in [-0.2, 0) is 16.1 Å². The fraction of sp³-hybridized carbons (Fsp3) is 0.692. The highest BCUT2D eigenvalue weighted by Crippen LogP contribution is 2.25. The molecule has 2 rings (SSSR count). The summed E-state index contributed by atoms with van der Waals surface area (Å²) in [5, 5.41) is 6.74. The maximum absolute atomic E-state index is 11.4. The second kappa shape index (κ2) is 6.29. The largest absolute Gasteiger partial charge is 0.469 e. The topological polar surface area (TPSA) is 51.2 Å². The molecule has 0 saturated heterocycles. The Morgan fingerprint density at radius 2 is 2.22 bits per heavy atom. The van der Waals surface area contributed by atoms with Crippen LogP contribution in [0.2, 0.25) is 0 Å². The van der Waals surface area contributed by atoms with Crippen LogP contribution in [-0.4, -0.2) is 24.1 Å². The normalized spacial score (nSPS) is 23.9. The fourth-order valence-electron chi connectivity index (χ4n) is 2.42. The predicted molar refractivity (Wildman–Crippen MR) is 71.5 cm³/mol. The van der Waals surface area contributed by atoms with Crippen LogP contribution in [0.5, 0.6) is 0 Å². The third-order valence-electron chi connectivity index (χ3n) is 3.47. The number of carbonyl (C=O) groups is 1. The van der Waals surface area contributed by atoms with Crippen LogP contribution in [0.4, 0.5) is 0 Å². The maximum Gasteiger partial charge on any atom is 0.308 e. The molecule has 4 nitrogen and oxygen atoms in total. The molecule has 1 aliphatic rings. The molecule has 1 aromatic heterocycles. The molecular weight excluding hydrogens is 248 g/mol. The molecule has 1 heterocycles. The second-order valence-corrected chi connectivity index (χ2v) is 5.78. The molecular formula is C13H20N2O2S. The summed E-state index contributed by atoms with van der Waals surface area (Å²) < 4.78 is 4.79. The van der Waals surface area contributed by atoms with Crippen molar-refractivity contribution in [2.75, 3.05) is 7.11 Å². The third-order valence-corrected chi connectivity index (χ3v) is 4.44. The van der Waals surface area contributed by atoms with Gasteiger partial charge >= 0.3 is 5.97 Å². The molecule has 0 radical (unpaired) electrons. The van der Waals surface area contributed by atoms with E-state index in [1.165, 1.54) is 7.11 Å². The van der Waals surface area contributed by atoms with E-state index in [2.05, 4.69) is 15.7 Å². The molecule has 0 unspecified atom stereocenters. The van der Waals surface area contributed by atoms with Crippen molar-refractivity contribution in [3.63, 3.8) is 0 Å². The standard InChI is InChI=1S/C13H20N2O2S/c1-9-8-18-12(15-9)7-14-11-5-3-10(4-6-11)13(16)17-2/h8,10-11,14H,3-7H2,1-2H3. The molecule has 0 aromatic carbocycles. The minimum atomic E-state index is -0.0519. The van der Waals surface area contributed by atoms with Crippen LogP contribution in [0.25, 0.3) is 0 Å². The molecule has 0 atom stereocenters. The van der Waals surface area contributed by atoms with E-state index < -0.39 is 0 Å². The Morgan fingerprint density at radius 1 is 1.50 bits per heavy atom. The van der Waals surface area contributed by atoms with Crippen molar-refractivity contribution < 1.29 is 9.53 Å². The van der Waals surface area contributed by atoms with Crippen LogP contribution in [0, 0.1) is 12.8 Å². The van der Waals surface area contributed by atoms with E-state index in [4.69, 9.17) is 4.74 Å². The average molecular weight is 268 g/mol. The van der Waals surface area contributed by atoms with Gasteiger partial charge in [0.2, 0.25) is 0 Å². The summed E-state index contributed by atoms with van der Waals surface area (Å²) in [6.07, 6.45) is 3.96. The first-order valence-electron chi connectivity index (χ1n) is 6.41. The quantitative estimate of drug-likeness (QED) is 0.851. The van der Waals surface area contributed by atoms with Crippen LogP contribution in [0.1, 0.15) is 36.4 Å². The number of aromatic nitrogens is 1. The second-order valence-electron chi connectivity index (χ2n) is 4.84. The number of rotatable bonds is 4. The molecule has 1 fully saturated rings. The Balaban J connectivity index is 1.72. The molecule has 0 aliphatic heterocycles. The van der Waals surface area contributed by atoms with E-state index in [1.54, 1.807) is 11.3 Å². The summed E-state index contributed by atoms with van der Waals surface area (Å²) in [5.41, 5.74) is 1.09. The molecule has 1 aromatic rings. The van der Waals surface area contributed by atoms with Gasteiger partial charge in [-0.15, -0.1) is 11.3 Å².